The normalized spacial score (nSPS) is 22.8. The van der Waals surface area contributed by atoms with Gasteiger partial charge in [0.1, 0.15) is 5.75 Å². The van der Waals surface area contributed by atoms with Gasteiger partial charge in [-0.25, -0.2) is 0 Å². The lowest BCUT2D eigenvalue weighted by Gasteiger charge is -2.35. The van der Waals surface area contributed by atoms with Gasteiger partial charge in [-0.05, 0) is 76.9 Å². The molecule has 0 saturated carbocycles. The van der Waals surface area contributed by atoms with Crippen LogP contribution in [-0.2, 0) is 10.9 Å². The molecule has 3 aliphatic heterocycles. The Morgan fingerprint density at radius 2 is 1.76 bits per heavy atom. The molecule has 1 unspecified atom stereocenters. The van der Waals surface area contributed by atoms with Crippen LogP contribution in [0.4, 0.5) is 13.2 Å². The van der Waals surface area contributed by atoms with Gasteiger partial charge in [0.05, 0.1) is 24.5 Å². The molecule has 3 heterocycles. The average Bonchev–Trinajstić information content (AvgIpc) is 3.59. The van der Waals surface area contributed by atoms with Crippen molar-refractivity contribution in [2.24, 2.45) is 4.99 Å². The number of rotatable bonds is 9. The zero-order valence-electron chi connectivity index (χ0n) is 22.8. The molecule has 1 atom stereocenters. The van der Waals surface area contributed by atoms with Crippen LogP contribution in [0.1, 0.15) is 57.1 Å². The number of nitrogens with zero attached hydrogens (tertiary/aromatic N) is 3. The molecular weight excluding hydrogens is 493 g/mol. The van der Waals surface area contributed by atoms with Crippen LogP contribution in [0.5, 0.6) is 5.75 Å². The van der Waals surface area contributed by atoms with Crippen LogP contribution in [-0.4, -0.2) is 86.2 Å². The van der Waals surface area contributed by atoms with Gasteiger partial charge in [-0.2, -0.15) is 13.2 Å². The number of allylic oxidation sites excluding steroid dienone is 1. The molecule has 3 aliphatic rings. The second kappa shape index (κ2) is 12.7. The molecule has 38 heavy (non-hydrogen) atoms. The van der Waals surface area contributed by atoms with E-state index in [1.807, 2.05) is 0 Å². The van der Waals surface area contributed by atoms with Crippen LogP contribution in [0.25, 0.3) is 0 Å². The molecule has 1 aromatic carbocycles. The first-order valence-corrected chi connectivity index (χ1v) is 13.8. The molecule has 0 aliphatic carbocycles. The number of aromatic hydroxyl groups is 1. The fraction of sp³-hybridized carbons (Fsp3) is 0.621. The molecule has 0 bridgehead atoms. The van der Waals surface area contributed by atoms with Gasteiger partial charge in [-0.15, -0.1) is 0 Å². The molecule has 4 rings (SSSR count). The summed E-state index contributed by atoms with van der Waals surface area (Å²) in [6, 6.07) is 3.35. The first-order chi connectivity index (χ1) is 18.2. The fourth-order valence-electron chi connectivity index (χ4n) is 5.70. The van der Waals surface area contributed by atoms with Crippen LogP contribution >= 0.6 is 0 Å². The van der Waals surface area contributed by atoms with Crippen molar-refractivity contribution in [1.29, 1.82) is 0 Å². The lowest BCUT2D eigenvalue weighted by Crippen LogP contribution is -2.47. The number of benzene rings is 1. The van der Waals surface area contributed by atoms with Crippen molar-refractivity contribution in [1.82, 2.24) is 15.1 Å². The third-order valence-corrected chi connectivity index (χ3v) is 7.99. The van der Waals surface area contributed by atoms with E-state index in [4.69, 9.17) is 4.74 Å². The number of alkyl halides is 3. The van der Waals surface area contributed by atoms with Crippen LogP contribution in [0.15, 0.2) is 45.6 Å². The number of hydrogen-bond donors (Lipinski definition) is 2. The smallest absolute Gasteiger partial charge is 0.416 e. The Morgan fingerprint density at radius 3 is 2.42 bits per heavy atom. The summed E-state index contributed by atoms with van der Waals surface area (Å²) in [6.07, 6.45) is 1.16. The summed E-state index contributed by atoms with van der Waals surface area (Å²) < 4.78 is 45.4. The van der Waals surface area contributed by atoms with Crippen molar-refractivity contribution in [3.05, 3.63) is 51.7 Å². The van der Waals surface area contributed by atoms with E-state index in [9.17, 15) is 18.3 Å². The summed E-state index contributed by atoms with van der Waals surface area (Å²) in [5.74, 6) is -0.439. The van der Waals surface area contributed by atoms with Gasteiger partial charge >= 0.3 is 6.18 Å². The van der Waals surface area contributed by atoms with Crippen molar-refractivity contribution in [2.45, 2.75) is 58.2 Å². The number of halogens is 3. The van der Waals surface area contributed by atoms with Crippen LogP contribution in [0, 0.1) is 0 Å². The topological polar surface area (TPSA) is 60.3 Å². The van der Waals surface area contributed by atoms with Crippen molar-refractivity contribution < 1.29 is 23.0 Å². The standard InChI is InChI=1S/C29H41F3N4O2/c1-4-20(2)27(34-22-8-7-13-36(17-22)15-14-35-11-5-6-12-35)24-18-38-19-25(24)28(33-3)23-10-9-21(16-26(23)37)29(30,31)32/h9-10,16,22,34,37H,4-8,11-15,17-19H2,1-3H3/b27-20-,33-28-. The molecule has 9 heteroatoms. The lowest BCUT2D eigenvalue weighted by atomic mass is 9.93. The zero-order valence-corrected chi connectivity index (χ0v) is 22.8. The van der Waals surface area contributed by atoms with Gasteiger partial charge in [-0.3, -0.25) is 4.99 Å². The van der Waals surface area contributed by atoms with Gasteiger partial charge in [0.15, 0.2) is 0 Å². The highest BCUT2D eigenvalue weighted by atomic mass is 19.4. The van der Waals surface area contributed by atoms with Crippen molar-refractivity contribution in [3.63, 3.8) is 0 Å². The molecule has 2 fully saturated rings. The van der Waals surface area contributed by atoms with E-state index in [0.717, 1.165) is 74.4 Å². The Kier molecular flexibility index (Phi) is 9.54. The van der Waals surface area contributed by atoms with E-state index in [-0.39, 0.29) is 12.2 Å². The van der Waals surface area contributed by atoms with Gasteiger partial charge < -0.3 is 25.0 Å². The van der Waals surface area contributed by atoms with Gasteiger partial charge in [0.25, 0.3) is 0 Å². The summed E-state index contributed by atoms with van der Waals surface area (Å²) in [4.78, 5) is 9.51. The molecule has 0 spiro atoms. The van der Waals surface area contributed by atoms with Gasteiger partial charge in [0.2, 0.25) is 0 Å². The van der Waals surface area contributed by atoms with Crippen molar-refractivity contribution in [2.75, 3.05) is 59.5 Å². The van der Waals surface area contributed by atoms with E-state index in [2.05, 4.69) is 34.0 Å². The van der Waals surface area contributed by atoms with Gasteiger partial charge in [-0.1, -0.05) is 12.5 Å². The second-order valence-corrected chi connectivity index (χ2v) is 10.6. The van der Waals surface area contributed by atoms with E-state index in [0.29, 0.717) is 18.4 Å². The van der Waals surface area contributed by atoms with Crippen molar-refractivity contribution in [3.8, 4) is 5.75 Å². The molecule has 1 aromatic rings. The number of piperidine rings is 1. The average molecular weight is 535 g/mol. The van der Waals surface area contributed by atoms with Crippen molar-refractivity contribution >= 4 is 5.71 Å². The molecule has 210 valence electrons. The minimum atomic E-state index is -4.53. The first-order valence-electron chi connectivity index (χ1n) is 13.8. The fourth-order valence-corrected chi connectivity index (χ4v) is 5.70. The predicted molar refractivity (Wildman–Crippen MR) is 145 cm³/mol. The summed E-state index contributed by atoms with van der Waals surface area (Å²) in [5.41, 5.74) is 3.86. The summed E-state index contributed by atoms with van der Waals surface area (Å²) >= 11 is 0. The summed E-state index contributed by atoms with van der Waals surface area (Å²) in [6.45, 7) is 11.6. The Hall–Kier alpha value is -2.36. The number of phenolic OH excluding ortho intramolecular Hbond substituents is 1. The summed E-state index contributed by atoms with van der Waals surface area (Å²) in [7, 11) is 1.60. The highest BCUT2D eigenvalue weighted by Gasteiger charge is 2.33. The predicted octanol–water partition coefficient (Wildman–Crippen LogP) is 4.99. The molecule has 2 saturated heterocycles. The second-order valence-electron chi connectivity index (χ2n) is 10.6. The Balaban J connectivity index is 1.56. The van der Waals surface area contributed by atoms with E-state index < -0.39 is 17.5 Å². The number of phenols is 1. The van der Waals surface area contributed by atoms with Crippen LogP contribution in [0.3, 0.4) is 0 Å². The van der Waals surface area contributed by atoms with E-state index in [1.54, 1.807) is 7.05 Å². The monoisotopic (exact) mass is 534 g/mol. The molecule has 0 radical (unpaired) electrons. The maximum absolute atomic E-state index is 13.2. The number of aliphatic imine (C=N–C) groups is 1. The molecule has 6 nitrogen and oxygen atoms in total. The minimum Gasteiger partial charge on any atom is -0.507 e. The maximum Gasteiger partial charge on any atom is 0.416 e. The molecule has 2 N–H and O–H groups in total. The quantitative estimate of drug-likeness (QED) is 0.437. The molecule has 0 aromatic heterocycles. The SMILES string of the molecule is CC/C(C)=C(\NC1CCCN(CCN2CCCC2)C1)C1=C(/C(=N\C)c2ccc(C(F)(F)F)cc2O)COC1. The Bertz CT molecular complexity index is 1070. The van der Waals surface area contributed by atoms with E-state index in [1.165, 1.54) is 37.6 Å². The number of ether oxygens (including phenoxy) is 1. The minimum absolute atomic E-state index is 0.276. The highest BCUT2D eigenvalue weighted by Crippen LogP contribution is 2.35. The Labute approximate surface area is 224 Å². The number of nitrogens with one attached hydrogen (secondary N) is 1. The van der Waals surface area contributed by atoms with Crippen LogP contribution in [0.2, 0.25) is 0 Å². The maximum atomic E-state index is 13.2. The van der Waals surface area contributed by atoms with Gasteiger partial charge in [0, 0.05) is 55.1 Å². The largest absolute Gasteiger partial charge is 0.507 e. The third kappa shape index (κ3) is 6.79. The van der Waals surface area contributed by atoms with E-state index >= 15 is 0 Å². The highest BCUT2D eigenvalue weighted by molar-refractivity contribution is 6.15. The number of likely N-dealkylation sites (tertiary alicyclic amines) is 2. The summed E-state index contributed by atoms with van der Waals surface area (Å²) in [5, 5.41) is 14.4. The Morgan fingerprint density at radius 1 is 1.08 bits per heavy atom. The first kappa shape index (κ1) is 28.6. The number of hydrogen-bond acceptors (Lipinski definition) is 6. The zero-order chi connectivity index (χ0) is 27.3. The lowest BCUT2D eigenvalue weighted by molar-refractivity contribution is -0.137. The molecular formula is C29H41F3N4O2. The molecule has 0 amide bonds. The van der Waals surface area contributed by atoms with Crippen LogP contribution < -0.4 is 5.32 Å². The third-order valence-electron chi connectivity index (χ3n) is 7.99.